The predicted molar refractivity (Wildman–Crippen MR) is 94.6 cm³/mol. The summed E-state index contributed by atoms with van der Waals surface area (Å²) < 4.78 is 0. The number of hydrogen-bond acceptors (Lipinski definition) is 1. The second-order valence-corrected chi connectivity index (χ2v) is 5.35. The second kappa shape index (κ2) is 5.45. The lowest BCUT2D eigenvalue weighted by Gasteiger charge is -2.06. The van der Waals surface area contributed by atoms with Gasteiger partial charge in [0.1, 0.15) is 0 Å². The minimum atomic E-state index is 1.20. The summed E-state index contributed by atoms with van der Waals surface area (Å²) >= 11 is 0. The van der Waals surface area contributed by atoms with E-state index in [-0.39, 0.29) is 0 Å². The van der Waals surface area contributed by atoms with Crippen molar-refractivity contribution in [1.29, 1.82) is 0 Å². The van der Waals surface area contributed by atoms with Crippen molar-refractivity contribution in [2.24, 2.45) is 0 Å². The number of fused-ring (bicyclic) bond motifs is 3. The van der Waals surface area contributed by atoms with Crippen LogP contribution in [-0.2, 0) is 0 Å². The van der Waals surface area contributed by atoms with Crippen LogP contribution in [0.1, 0.15) is 11.1 Å². The standard InChI is InChI=1S/C21H15N/c1-2-5-16(6-3-1)9-10-17-7-4-8-20-19(17)12-11-18-13-14-22-15-21(18)20/h1-15H/b10-9+. The first-order chi connectivity index (χ1) is 10.9. The second-order valence-electron chi connectivity index (χ2n) is 5.35. The van der Waals surface area contributed by atoms with Gasteiger partial charge in [-0.1, -0.05) is 72.8 Å². The van der Waals surface area contributed by atoms with E-state index in [0.717, 1.165) is 0 Å². The molecule has 0 amide bonds. The molecule has 4 aromatic rings. The van der Waals surface area contributed by atoms with Crippen LogP contribution in [-0.4, -0.2) is 4.98 Å². The summed E-state index contributed by atoms with van der Waals surface area (Å²) in [7, 11) is 0. The van der Waals surface area contributed by atoms with E-state index in [9.17, 15) is 0 Å². The number of nitrogens with zero attached hydrogens (tertiary/aromatic N) is 1. The smallest absolute Gasteiger partial charge is 0.0352 e. The Kier molecular flexibility index (Phi) is 3.17. The fourth-order valence-electron chi connectivity index (χ4n) is 2.85. The molecule has 0 aliphatic heterocycles. The number of pyridine rings is 1. The van der Waals surface area contributed by atoms with Crippen molar-refractivity contribution >= 4 is 33.7 Å². The van der Waals surface area contributed by atoms with E-state index in [1.54, 1.807) is 0 Å². The Labute approximate surface area is 129 Å². The van der Waals surface area contributed by atoms with Gasteiger partial charge in [0, 0.05) is 17.8 Å². The van der Waals surface area contributed by atoms with Crippen LogP contribution < -0.4 is 0 Å². The summed E-state index contributed by atoms with van der Waals surface area (Å²) in [4.78, 5) is 4.27. The van der Waals surface area contributed by atoms with Gasteiger partial charge in [-0.2, -0.15) is 0 Å². The fourth-order valence-corrected chi connectivity index (χ4v) is 2.85. The molecule has 0 spiro atoms. The zero-order chi connectivity index (χ0) is 14.8. The third-order valence-corrected chi connectivity index (χ3v) is 3.97. The maximum absolute atomic E-state index is 4.27. The molecular formula is C21H15N. The Morgan fingerprint density at radius 2 is 1.55 bits per heavy atom. The predicted octanol–water partition coefficient (Wildman–Crippen LogP) is 5.56. The van der Waals surface area contributed by atoms with Crippen LogP contribution in [0.15, 0.2) is 79.1 Å². The molecule has 1 heterocycles. The topological polar surface area (TPSA) is 12.9 Å². The van der Waals surface area contributed by atoms with Crippen LogP contribution in [0.25, 0.3) is 33.7 Å². The molecule has 0 fully saturated rings. The number of rotatable bonds is 2. The third kappa shape index (κ3) is 2.27. The molecule has 4 rings (SSSR count). The monoisotopic (exact) mass is 281 g/mol. The van der Waals surface area contributed by atoms with Gasteiger partial charge in [0.25, 0.3) is 0 Å². The first-order valence-corrected chi connectivity index (χ1v) is 7.40. The molecular weight excluding hydrogens is 266 g/mol. The first kappa shape index (κ1) is 12.8. The summed E-state index contributed by atoms with van der Waals surface area (Å²) in [6.07, 6.45) is 8.12. The van der Waals surface area contributed by atoms with Crippen molar-refractivity contribution in [2.45, 2.75) is 0 Å². The zero-order valence-corrected chi connectivity index (χ0v) is 12.1. The van der Waals surface area contributed by atoms with Crippen molar-refractivity contribution in [1.82, 2.24) is 4.98 Å². The molecule has 0 saturated carbocycles. The van der Waals surface area contributed by atoms with E-state index in [4.69, 9.17) is 0 Å². The highest BCUT2D eigenvalue weighted by atomic mass is 14.6. The van der Waals surface area contributed by atoms with E-state index in [1.165, 1.54) is 32.7 Å². The van der Waals surface area contributed by atoms with Crippen molar-refractivity contribution in [3.05, 3.63) is 90.3 Å². The highest BCUT2D eigenvalue weighted by Gasteiger charge is 2.02. The highest BCUT2D eigenvalue weighted by molar-refractivity contribution is 6.09. The van der Waals surface area contributed by atoms with E-state index in [2.05, 4.69) is 77.8 Å². The van der Waals surface area contributed by atoms with Crippen molar-refractivity contribution in [3.8, 4) is 0 Å². The van der Waals surface area contributed by atoms with Gasteiger partial charge in [0.15, 0.2) is 0 Å². The van der Waals surface area contributed by atoms with Crippen LogP contribution in [0.4, 0.5) is 0 Å². The molecule has 22 heavy (non-hydrogen) atoms. The Morgan fingerprint density at radius 1 is 0.636 bits per heavy atom. The molecule has 1 aromatic heterocycles. The molecule has 0 radical (unpaired) electrons. The average molecular weight is 281 g/mol. The molecule has 1 nitrogen and oxygen atoms in total. The van der Waals surface area contributed by atoms with Crippen molar-refractivity contribution < 1.29 is 0 Å². The zero-order valence-electron chi connectivity index (χ0n) is 12.1. The van der Waals surface area contributed by atoms with E-state index in [0.29, 0.717) is 0 Å². The van der Waals surface area contributed by atoms with Crippen LogP contribution in [0.3, 0.4) is 0 Å². The van der Waals surface area contributed by atoms with Gasteiger partial charge in [-0.3, -0.25) is 4.98 Å². The van der Waals surface area contributed by atoms with Gasteiger partial charge in [0.2, 0.25) is 0 Å². The normalized spacial score (nSPS) is 11.5. The molecule has 0 aliphatic rings. The minimum Gasteiger partial charge on any atom is -0.264 e. The first-order valence-electron chi connectivity index (χ1n) is 7.40. The molecule has 0 unspecified atom stereocenters. The van der Waals surface area contributed by atoms with Gasteiger partial charge < -0.3 is 0 Å². The highest BCUT2D eigenvalue weighted by Crippen LogP contribution is 2.28. The molecule has 1 heteroatoms. The Hall–Kier alpha value is -2.93. The van der Waals surface area contributed by atoms with Gasteiger partial charge >= 0.3 is 0 Å². The molecule has 0 saturated heterocycles. The maximum Gasteiger partial charge on any atom is 0.0352 e. The lowest BCUT2D eigenvalue weighted by molar-refractivity contribution is 1.37. The lowest BCUT2D eigenvalue weighted by Crippen LogP contribution is -1.82. The van der Waals surface area contributed by atoms with Gasteiger partial charge in [-0.25, -0.2) is 0 Å². The summed E-state index contributed by atoms with van der Waals surface area (Å²) in [6, 6.07) is 23.2. The molecule has 3 aromatic carbocycles. The van der Waals surface area contributed by atoms with Crippen LogP contribution in [0.2, 0.25) is 0 Å². The number of aromatic nitrogens is 1. The van der Waals surface area contributed by atoms with E-state index >= 15 is 0 Å². The Bertz CT molecular complexity index is 969. The Morgan fingerprint density at radius 3 is 2.45 bits per heavy atom. The van der Waals surface area contributed by atoms with Crippen LogP contribution >= 0.6 is 0 Å². The maximum atomic E-state index is 4.27. The van der Waals surface area contributed by atoms with Gasteiger partial charge in [-0.15, -0.1) is 0 Å². The van der Waals surface area contributed by atoms with Gasteiger partial charge in [0.05, 0.1) is 0 Å². The largest absolute Gasteiger partial charge is 0.264 e. The molecule has 0 N–H and O–H groups in total. The SMILES string of the molecule is C(=C\c1cccc2c1ccc1ccncc12)/c1ccccc1. The summed E-state index contributed by atoms with van der Waals surface area (Å²) in [5.74, 6) is 0. The van der Waals surface area contributed by atoms with Crippen molar-refractivity contribution in [2.75, 3.05) is 0 Å². The fraction of sp³-hybridized carbons (Fsp3) is 0. The number of benzene rings is 3. The van der Waals surface area contributed by atoms with E-state index < -0.39 is 0 Å². The molecule has 0 atom stereocenters. The lowest BCUT2D eigenvalue weighted by atomic mass is 9.99. The Balaban J connectivity index is 1.88. The molecule has 104 valence electrons. The summed E-state index contributed by atoms with van der Waals surface area (Å²) in [5.41, 5.74) is 2.44. The average Bonchev–Trinajstić information content (AvgIpc) is 2.60. The molecule has 0 bridgehead atoms. The summed E-state index contributed by atoms with van der Waals surface area (Å²) in [5, 5.41) is 4.94. The van der Waals surface area contributed by atoms with Crippen molar-refractivity contribution in [3.63, 3.8) is 0 Å². The van der Waals surface area contributed by atoms with Gasteiger partial charge in [-0.05, 0) is 33.4 Å². The van der Waals surface area contributed by atoms with E-state index in [1.807, 2.05) is 18.5 Å². The third-order valence-electron chi connectivity index (χ3n) is 3.97. The van der Waals surface area contributed by atoms with Crippen LogP contribution in [0.5, 0.6) is 0 Å². The summed E-state index contributed by atoms with van der Waals surface area (Å²) in [6.45, 7) is 0. The van der Waals surface area contributed by atoms with Crippen LogP contribution in [0, 0.1) is 0 Å². The minimum absolute atomic E-state index is 1.20. The quantitative estimate of drug-likeness (QED) is 0.346. The molecule has 0 aliphatic carbocycles. The number of hydrogen-bond donors (Lipinski definition) is 0.